The minimum absolute atomic E-state index is 0.151. The highest BCUT2D eigenvalue weighted by atomic mass is 15.4. The van der Waals surface area contributed by atoms with Crippen LogP contribution in [0.5, 0.6) is 0 Å². The summed E-state index contributed by atoms with van der Waals surface area (Å²) in [6, 6.07) is 0. The van der Waals surface area contributed by atoms with Crippen LogP contribution < -0.4 is 17.2 Å². The van der Waals surface area contributed by atoms with Crippen LogP contribution in [0.1, 0.15) is 19.8 Å². The zero-order valence-corrected chi connectivity index (χ0v) is 7.77. The maximum Gasteiger partial charge on any atom is 0.221 e. The summed E-state index contributed by atoms with van der Waals surface area (Å²) in [5.74, 6) is 0.506. The van der Waals surface area contributed by atoms with Crippen molar-refractivity contribution >= 4 is 11.9 Å². The van der Waals surface area contributed by atoms with Crippen LogP contribution in [0.2, 0.25) is 0 Å². The van der Waals surface area contributed by atoms with Crippen LogP contribution in [0.3, 0.4) is 0 Å². The largest absolute Gasteiger partial charge is 0.369 e. The summed E-state index contributed by atoms with van der Waals surface area (Å²) in [7, 11) is 0. The third-order valence-corrected chi connectivity index (χ3v) is 1.86. The summed E-state index contributed by atoms with van der Waals surface area (Å²) in [5, 5.41) is 0. The highest BCUT2D eigenvalue weighted by Crippen LogP contribution is 2.03. The van der Waals surface area contributed by atoms with Gasteiger partial charge in [0.25, 0.3) is 0 Å². The Morgan fingerprint density at radius 1 is 1.46 bits per heavy atom. The smallest absolute Gasteiger partial charge is 0.221 e. The number of aliphatic imine (C=N–C) groups is 2. The van der Waals surface area contributed by atoms with Crippen molar-refractivity contribution in [3.63, 3.8) is 0 Å². The Balaban J connectivity index is 2.61. The van der Waals surface area contributed by atoms with E-state index in [1.54, 1.807) is 4.90 Å². The van der Waals surface area contributed by atoms with E-state index in [1.807, 2.05) is 0 Å². The number of nitrogens with zero attached hydrogens (tertiary/aromatic N) is 3. The average molecular weight is 184 g/mol. The molecule has 0 saturated heterocycles. The third-order valence-electron chi connectivity index (χ3n) is 1.86. The molecular formula is C7H16N6. The van der Waals surface area contributed by atoms with E-state index in [0.717, 1.165) is 19.4 Å². The summed E-state index contributed by atoms with van der Waals surface area (Å²) in [6.07, 6.45) is 1.61. The molecule has 0 aromatic carbocycles. The van der Waals surface area contributed by atoms with Crippen LogP contribution in [0.4, 0.5) is 0 Å². The molecule has 0 spiro atoms. The molecule has 6 heteroatoms. The first-order valence-corrected chi connectivity index (χ1v) is 4.34. The monoisotopic (exact) mass is 184 g/mol. The van der Waals surface area contributed by atoms with Gasteiger partial charge in [0.05, 0.1) is 0 Å². The van der Waals surface area contributed by atoms with Gasteiger partial charge in [-0.2, -0.15) is 4.99 Å². The Morgan fingerprint density at radius 2 is 2.15 bits per heavy atom. The van der Waals surface area contributed by atoms with Crippen LogP contribution in [0, 0.1) is 0 Å². The molecule has 0 amide bonds. The lowest BCUT2D eigenvalue weighted by molar-refractivity contribution is 0.312. The van der Waals surface area contributed by atoms with Gasteiger partial charge in [0.15, 0.2) is 6.29 Å². The van der Waals surface area contributed by atoms with Crippen molar-refractivity contribution in [3.8, 4) is 0 Å². The van der Waals surface area contributed by atoms with Gasteiger partial charge in [0.1, 0.15) is 0 Å². The minimum Gasteiger partial charge on any atom is -0.369 e. The fourth-order valence-corrected chi connectivity index (χ4v) is 1.13. The predicted octanol–water partition coefficient (Wildman–Crippen LogP) is -1.03. The SMILES string of the molecule is CCCCN1C(N)=NC(N)=NC1N. The number of hydrogen-bond acceptors (Lipinski definition) is 6. The maximum atomic E-state index is 5.70. The first-order valence-electron chi connectivity index (χ1n) is 4.34. The van der Waals surface area contributed by atoms with Gasteiger partial charge in [-0.25, -0.2) is 4.99 Å². The van der Waals surface area contributed by atoms with Gasteiger partial charge in [0, 0.05) is 6.54 Å². The van der Waals surface area contributed by atoms with Gasteiger partial charge in [-0.1, -0.05) is 13.3 Å². The summed E-state index contributed by atoms with van der Waals surface area (Å²) < 4.78 is 0. The Kier molecular flexibility index (Phi) is 3.07. The molecule has 0 aromatic heterocycles. The van der Waals surface area contributed by atoms with Crippen molar-refractivity contribution in [2.24, 2.45) is 27.2 Å². The topological polar surface area (TPSA) is 106 Å². The van der Waals surface area contributed by atoms with Gasteiger partial charge >= 0.3 is 0 Å². The molecule has 13 heavy (non-hydrogen) atoms. The van der Waals surface area contributed by atoms with E-state index < -0.39 is 6.29 Å². The molecule has 0 radical (unpaired) electrons. The molecule has 0 aliphatic carbocycles. The molecule has 0 bridgehead atoms. The first kappa shape index (κ1) is 9.79. The van der Waals surface area contributed by atoms with Crippen molar-refractivity contribution in [2.75, 3.05) is 6.54 Å². The second-order valence-corrected chi connectivity index (χ2v) is 2.92. The first-order chi connectivity index (χ1) is 6.15. The molecule has 1 rings (SSSR count). The standard InChI is InChI=1S/C7H16N6/c1-2-3-4-13-6(9)11-5(8)12-7(13)10/h6H,2-4,9H2,1H3,(H4,8,10,11,12). The van der Waals surface area contributed by atoms with Crippen LogP contribution in [-0.2, 0) is 0 Å². The second kappa shape index (κ2) is 4.08. The van der Waals surface area contributed by atoms with E-state index in [-0.39, 0.29) is 5.96 Å². The summed E-state index contributed by atoms with van der Waals surface area (Å²) in [5.41, 5.74) is 16.7. The lowest BCUT2D eigenvalue weighted by Gasteiger charge is -2.29. The quantitative estimate of drug-likeness (QED) is 0.521. The zero-order chi connectivity index (χ0) is 9.84. The van der Waals surface area contributed by atoms with Crippen molar-refractivity contribution in [2.45, 2.75) is 26.1 Å². The fourth-order valence-electron chi connectivity index (χ4n) is 1.13. The molecular weight excluding hydrogens is 168 g/mol. The molecule has 0 fully saturated rings. The van der Waals surface area contributed by atoms with Crippen molar-refractivity contribution in [1.82, 2.24) is 4.90 Å². The molecule has 1 heterocycles. The number of nitrogens with two attached hydrogens (primary N) is 3. The third kappa shape index (κ3) is 2.32. The zero-order valence-electron chi connectivity index (χ0n) is 7.77. The van der Waals surface area contributed by atoms with Gasteiger partial charge in [-0.15, -0.1) is 0 Å². The van der Waals surface area contributed by atoms with Crippen molar-refractivity contribution < 1.29 is 0 Å². The summed E-state index contributed by atoms with van der Waals surface area (Å²) >= 11 is 0. The van der Waals surface area contributed by atoms with Gasteiger partial charge in [-0.3, -0.25) is 5.73 Å². The number of hydrogen-bond donors (Lipinski definition) is 3. The van der Waals surface area contributed by atoms with E-state index in [9.17, 15) is 0 Å². The predicted molar refractivity (Wildman–Crippen MR) is 52.8 cm³/mol. The number of unbranched alkanes of at least 4 members (excludes halogenated alkanes) is 1. The fraction of sp³-hybridized carbons (Fsp3) is 0.714. The van der Waals surface area contributed by atoms with E-state index in [1.165, 1.54) is 0 Å². The van der Waals surface area contributed by atoms with Gasteiger partial charge < -0.3 is 16.4 Å². The summed E-state index contributed by atoms with van der Waals surface area (Å²) in [4.78, 5) is 9.47. The van der Waals surface area contributed by atoms with E-state index in [2.05, 4.69) is 16.9 Å². The molecule has 6 nitrogen and oxygen atoms in total. The van der Waals surface area contributed by atoms with Crippen molar-refractivity contribution in [3.05, 3.63) is 0 Å². The molecule has 1 aliphatic heterocycles. The van der Waals surface area contributed by atoms with Crippen LogP contribution in [0.15, 0.2) is 9.98 Å². The molecule has 74 valence electrons. The van der Waals surface area contributed by atoms with Gasteiger partial charge in [-0.05, 0) is 6.42 Å². The van der Waals surface area contributed by atoms with Crippen LogP contribution >= 0.6 is 0 Å². The number of guanidine groups is 2. The van der Waals surface area contributed by atoms with Crippen LogP contribution in [0.25, 0.3) is 0 Å². The Morgan fingerprint density at radius 3 is 2.69 bits per heavy atom. The molecule has 1 atom stereocenters. The highest BCUT2D eigenvalue weighted by Gasteiger charge is 2.19. The Labute approximate surface area is 77.5 Å². The lowest BCUT2D eigenvalue weighted by atomic mass is 10.3. The highest BCUT2D eigenvalue weighted by molar-refractivity contribution is 5.95. The van der Waals surface area contributed by atoms with Crippen molar-refractivity contribution in [1.29, 1.82) is 0 Å². The molecule has 1 unspecified atom stereocenters. The van der Waals surface area contributed by atoms with E-state index >= 15 is 0 Å². The lowest BCUT2D eigenvalue weighted by Crippen LogP contribution is -2.52. The molecule has 1 aliphatic rings. The molecule has 6 N–H and O–H groups in total. The molecule has 0 aromatic rings. The second-order valence-electron chi connectivity index (χ2n) is 2.92. The maximum absolute atomic E-state index is 5.70. The normalized spacial score (nSPS) is 22.6. The molecule has 0 saturated carbocycles. The average Bonchev–Trinajstić information content (AvgIpc) is 2.02. The van der Waals surface area contributed by atoms with Gasteiger partial charge in [0.2, 0.25) is 11.9 Å². The summed E-state index contributed by atoms with van der Waals surface area (Å²) in [6.45, 7) is 2.87. The Hall–Kier alpha value is -1.30. The van der Waals surface area contributed by atoms with E-state index in [4.69, 9.17) is 17.2 Å². The number of rotatable bonds is 3. The van der Waals surface area contributed by atoms with Crippen LogP contribution in [-0.4, -0.2) is 29.7 Å². The van der Waals surface area contributed by atoms with E-state index in [0.29, 0.717) is 5.96 Å². The minimum atomic E-state index is -0.482. The Bertz CT molecular complexity index is 233.